The van der Waals surface area contributed by atoms with E-state index in [1.165, 1.54) is 0 Å². The second-order valence-corrected chi connectivity index (χ2v) is 4.26. The van der Waals surface area contributed by atoms with Crippen molar-refractivity contribution in [2.45, 2.75) is 32.7 Å². The van der Waals surface area contributed by atoms with Crippen molar-refractivity contribution in [2.75, 3.05) is 13.2 Å². The van der Waals surface area contributed by atoms with Crippen molar-refractivity contribution in [1.29, 1.82) is 0 Å². The third kappa shape index (κ3) is 4.53. The third-order valence-corrected chi connectivity index (χ3v) is 2.56. The highest BCUT2D eigenvalue weighted by Gasteiger charge is 2.16. The molecule has 0 spiro atoms. The molecule has 94 valence electrons. The molecule has 1 amide bonds. The van der Waals surface area contributed by atoms with Crippen LogP contribution in [0.15, 0.2) is 24.4 Å². The topological polar surface area (TPSA) is 53.4 Å². The van der Waals surface area contributed by atoms with Crippen molar-refractivity contribution >= 4 is 5.91 Å². The largest absolute Gasteiger partial charge is 0.396 e. The first-order valence-corrected chi connectivity index (χ1v) is 5.95. The zero-order valence-corrected chi connectivity index (χ0v) is 10.5. The normalized spacial score (nSPS) is 10.6. The fraction of sp³-hybridized carbons (Fsp3) is 0.538. The van der Waals surface area contributed by atoms with Crippen molar-refractivity contribution in [3.8, 4) is 0 Å². The Kier molecular flexibility index (Phi) is 5.63. The zero-order valence-electron chi connectivity index (χ0n) is 10.5. The molecule has 0 saturated heterocycles. The fourth-order valence-electron chi connectivity index (χ4n) is 1.67. The van der Waals surface area contributed by atoms with E-state index in [-0.39, 0.29) is 18.6 Å². The quantitative estimate of drug-likeness (QED) is 0.808. The molecule has 0 saturated carbocycles. The van der Waals surface area contributed by atoms with Gasteiger partial charge in [-0.3, -0.25) is 9.78 Å². The Bertz CT molecular complexity index is 339. The van der Waals surface area contributed by atoms with E-state index < -0.39 is 0 Å². The van der Waals surface area contributed by atoms with Gasteiger partial charge in [0.15, 0.2) is 0 Å². The highest BCUT2D eigenvalue weighted by Crippen LogP contribution is 2.05. The van der Waals surface area contributed by atoms with Crippen molar-refractivity contribution in [1.82, 2.24) is 9.88 Å². The first kappa shape index (κ1) is 13.6. The summed E-state index contributed by atoms with van der Waals surface area (Å²) in [6.45, 7) is 4.67. The third-order valence-electron chi connectivity index (χ3n) is 2.56. The maximum Gasteiger partial charge on any atom is 0.228 e. The smallest absolute Gasteiger partial charge is 0.228 e. The van der Waals surface area contributed by atoms with Gasteiger partial charge >= 0.3 is 0 Å². The molecule has 0 radical (unpaired) electrons. The molecule has 17 heavy (non-hydrogen) atoms. The van der Waals surface area contributed by atoms with E-state index in [9.17, 15) is 4.79 Å². The van der Waals surface area contributed by atoms with Crippen LogP contribution in [0.2, 0.25) is 0 Å². The van der Waals surface area contributed by atoms with Crippen LogP contribution in [0.5, 0.6) is 0 Å². The van der Waals surface area contributed by atoms with Crippen LogP contribution < -0.4 is 0 Å². The van der Waals surface area contributed by atoms with Crippen LogP contribution in [-0.2, 0) is 11.2 Å². The molecule has 0 aliphatic rings. The van der Waals surface area contributed by atoms with Crippen molar-refractivity contribution in [3.05, 3.63) is 30.1 Å². The van der Waals surface area contributed by atoms with Gasteiger partial charge < -0.3 is 10.0 Å². The highest BCUT2D eigenvalue weighted by molar-refractivity contribution is 5.78. The van der Waals surface area contributed by atoms with Crippen LogP contribution >= 0.6 is 0 Å². The van der Waals surface area contributed by atoms with E-state index in [1.807, 2.05) is 32.0 Å². The van der Waals surface area contributed by atoms with Gasteiger partial charge in [0.2, 0.25) is 5.91 Å². The van der Waals surface area contributed by atoms with Crippen LogP contribution in [0.1, 0.15) is 26.0 Å². The van der Waals surface area contributed by atoms with Gasteiger partial charge in [-0.15, -0.1) is 0 Å². The van der Waals surface area contributed by atoms with Gasteiger partial charge in [-0.2, -0.15) is 0 Å². The number of hydrogen-bond acceptors (Lipinski definition) is 3. The molecule has 0 aliphatic heterocycles. The van der Waals surface area contributed by atoms with E-state index >= 15 is 0 Å². The van der Waals surface area contributed by atoms with Crippen molar-refractivity contribution in [3.63, 3.8) is 0 Å². The Hall–Kier alpha value is -1.42. The molecule has 4 nitrogen and oxygen atoms in total. The Morgan fingerprint density at radius 2 is 2.24 bits per heavy atom. The van der Waals surface area contributed by atoms with Crippen LogP contribution in [-0.4, -0.2) is 40.1 Å². The number of aliphatic hydroxyl groups is 1. The standard InChI is InChI=1S/C13H20N2O2/c1-11(2)15(8-5-9-16)13(17)10-12-6-3-4-7-14-12/h3-4,6-7,11,16H,5,8-10H2,1-2H3. The molecule has 0 fully saturated rings. The van der Waals surface area contributed by atoms with Gasteiger partial charge in [-0.25, -0.2) is 0 Å². The minimum atomic E-state index is 0.0622. The molecule has 0 atom stereocenters. The van der Waals surface area contributed by atoms with Crippen LogP contribution in [0, 0.1) is 0 Å². The predicted octanol–water partition coefficient (Wildman–Crippen LogP) is 1.24. The number of carbonyl (C=O) groups excluding carboxylic acids is 1. The molecule has 1 N–H and O–H groups in total. The second-order valence-electron chi connectivity index (χ2n) is 4.26. The van der Waals surface area contributed by atoms with Gasteiger partial charge in [0.05, 0.1) is 6.42 Å². The number of nitrogens with zero attached hydrogens (tertiary/aromatic N) is 2. The summed E-state index contributed by atoms with van der Waals surface area (Å²) in [4.78, 5) is 18.0. The number of amides is 1. The number of hydrogen-bond donors (Lipinski definition) is 1. The molecule has 1 aromatic heterocycles. The molecular formula is C13H20N2O2. The summed E-state index contributed by atoms with van der Waals surface area (Å²) in [6, 6.07) is 5.71. The molecular weight excluding hydrogens is 216 g/mol. The summed E-state index contributed by atoms with van der Waals surface area (Å²) in [7, 11) is 0. The van der Waals surface area contributed by atoms with Crippen molar-refractivity contribution < 1.29 is 9.90 Å². The van der Waals surface area contributed by atoms with E-state index in [1.54, 1.807) is 11.1 Å². The number of aliphatic hydroxyl groups excluding tert-OH is 1. The lowest BCUT2D eigenvalue weighted by atomic mass is 10.2. The van der Waals surface area contributed by atoms with E-state index in [0.717, 1.165) is 5.69 Å². The molecule has 1 aromatic rings. The number of pyridine rings is 1. The maximum atomic E-state index is 12.1. The Balaban J connectivity index is 2.59. The lowest BCUT2D eigenvalue weighted by molar-refractivity contribution is -0.132. The minimum absolute atomic E-state index is 0.0622. The Morgan fingerprint density at radius 1 is 1.47 bits per heavy atom. The fourth-order valence-corrected chi connectivity index (χ4v) is 1.67. The van der Waals surface area contributed by atoms with E-state index in [0.29, 0.717) is 19.4 Å². The van der Waals surface area contributed by atoms with Crippen molar-refractivity contribution in [2.24, 2.45) is 0 Å². The van der Waals surface area contributed by atoms with Gasteiger partial charge in [-0.05, 0) is 32.4 Å². The predicted molar refractivity (Wildman–Crippen MR) is 66.5 cm³/mol. The van der Waals surface area contributed by atoms with Crippen LogP contribution in [0.25, 0.3) is 0 Å². The SMILES string of the molecule is CC(C)N(CCCO)C(=O)Cc1ccccn1. The van der Waals surface area contributed by atoms with E-state index in [4.69, 9.17) is 5.11 Å². The lowest BCUT2D eigenvalue weighted by Crippen LogP contribution is -2.39. The second kappa shape index (κ2) is 7.01. The molecule has 0 aromatic carbocycles. The van der Waals surface area contributed by atoms with Gasteiger partial charge in [0, 0.05) is 31.1 Å². The van der Waals surface area contributed by atoms with Gasteiger partial charge in [0.1, 0.15) is 0 Å². The molecule has 4 heteroatoms. The summed E-state index contributed by atoms with van der Waals surface area (Å²) < 4.78 is 0. The first-order chi connectivity index (χ1) is 8.15. The molecule has 1 rings (SSSR count). The Labute approximate surface area is 102 Å². The van der Waals surface area contributed by atoms with Crippen LogP contribution in [0.3, 0.4) is 0 Å². The summed E-state index contributed by atoms with van der Waals surface area (Å²) >= 11 is 0. The molecule has 1 heterocycles. The van der Waals surface area contributed by atoms with E-state index in [2.05, 4.69) is 4.98 Å². The number of rotatable bonds is 6. The molecule has 0 unspecified atom stereocenters. The number of carbonyl (C=O) groups is 1. The first-order valence-electron chi connectivity index (χ1n) is 5.95. The average Bonchev–Trinajstić information content (AvgIpc) is 2.30. The highest BCUT2D eigenvalue weighted by atomic mass is 16.3. The van der Waals surface area contributed by atoms with Gasteiger partial charge in [-0.1, -0.05) is 6.07 Å². The molecule has 0 bridgehead atoms. The average molecular weight is 236 g/mol. The summed E-state index contributed by atoms with van der Waals surface area (Å²) in [5.41, 5.74) is 0.784. The number of aromatic nitrogens is 1. The van der Waals surface area contributed by atoms with Crippen LogP contribution in [0.4, 0.5) is 0 Å². The zero-order chi connectivity index (χ0) is 12.7. The monoisotopic (exact) mass is 236 g/mol. The lowest BCUT2D eigenvalue weighted by Gasteiger charge is -2.26. The summed E-state index contributed by atoms with van der Waals surface area (Å²) in [6.07, 6.45) is 2.63. The Morgan fingerprint density at radius 3 is 2.76 bits per heavy atom. The molecule has 0 aliphatic carbocycles. The minimum Gasteiger partial charge on any atom is -0.396 e. The maximum absolute atomic E-state index is 12.1. The summed E-state index contributed by atoms with van der Waals surface area (Å²) in [5, 5.41) is 8.82. The van der Waals surface area contributed by atoms with Gasteiger partial charge in [0.25, 0.3) is 0 Å². The summed E-state index contributed by atoms with van der Waals surface area (Å²) in [5.74, 6) is 0.0622.